The molecule has 0 N–H and O–H groups in total. The first kappa shape index (κ1) is 10.1. The van der Waals surface area contributed by atoms with Crippen molar-refractivity contribution in [2.24, 2.45) is 0 Å². The molecule has 1 rings (SSSR count). The zero-order valence-electron chi connectivity index (χ0n) is 7.63. The van der Waals surface area contributed by atoms with Crippen LogP contribution in [-0.4, -0.2) is 13.4 Å². The minimum Gasteiger partial charge on any atom is -0.496 e. The third kappa shape index (κ3) is 1.83. The first-order valence-electron chi connectivity index (χ1n) is 4.05. The second kappa shape index (κ2) is 4.28. The van der Waals surface area contributed by atoms with Crippen molar-refractivity contribution in [3.8, 4) is 5.75 Å². The van der Waals surface area contributed by atoms with Crippen LogP contribution in [0.5, 0.6) is 5.75 Å². The van der Waals surface area contributed by atoms with E-state index in [1.807, 2.05) is 6.92 Å². The first-order valence-corrected chi connectivity index (χ1v) is 4.43. The van der Waals surface area contributed by atoms with E-state index in [9.17, 15) is 4.79 Å². The van der Waals surface area contributed by atoms with Gasteiger partial charge in [-0.05, 0) is 18.6 Å². The minimum absolute atomic E-state index is 0.497. The molecular formula is C10H11ClO2. The van der Waals surface area contributed by atoms with Gasteiger partial charge in [0.05, 0.1) is 12.1 Å². The lowest BCUT2D eigenvalue weighted by Crippen LogP contribution is -1.94. The molecule has 0 unspecified atom stereocenters. The molecule has 70 valence electrons. The zero-order chi connectivity index (χ0) is 9.84. The van der Waals surface area contributed by atoms with Crippen molar-refractivity contribution in [3.05, 3.63) is 28.3 Å². The summed E-state index contributed by atoms with van der Waals surface area (Å²) in [5, 5.41) is 0.497. The number of benzene rings is 1. The highest BCUT2D eigenvalue weighted by molar-refractivity contribution is 6.33. The molecular weight excluding hydrogens is 188 g/mol. The van der Waals surface area contributed by atoms with Gasteiger partial charge in [0.25, 0.3) is 0 Å². The normalized spacial score (nSPS) is 9.77. The Hall–Kier alpha value is -1.02. The van der Waals surface area contributed by atoms with E-state index in [-0.39, 0.29) is 0 Å². The molecule has 0 atom stereocenters. The topological polar surface area (TPSA) is 26.3 Å². The molecule has 0 amide bonds. The Kier molecular flexibility index (Phi) is 3.32. The van der Waals surface area contributed by atoms with Gasteiger partial charge in [0, 0.05) is 11.1 Å². The van der Waals surface area contributed by atoms with Crippen LogP contribution in [0, 0.1) is 0 Å². The number of hydrogen-bond acceptors (Lipinski definition) is 2. The second-order valence-corrected chi connectivity index (χ2v) is 3.00. The van der Waals surface area contributed by atoms with E-state index in [0.29, 0.717) is 10.6 Å². The summed E-state index contributed by atoms with van der Waals surface area (Å²) in [7, 11) is 1.59. The molecule has 1 aromatic rings. The molecule has 13 heavy (non-hydrogen) atoms. The lowest BCUT2D eigenvalue weighted by atomic mass is 10.1. The third-order valence-electron chi connectivity index (χ3n) is 1.93. The van der Waals surface area contributed by atoms with E-state index < -0.39 is 0 Å². The Labute approximate surface area is 82.5 Å². The molecule has 1 aromatic carbocycles. The number of hydrogen-bond donors (Lipinski definition) is 0. The Balaban J connectivity index is 3.31. The maximum atomic E-state index is 10.6. The van der Waals surface area contributed by atoms with Crippen LogP contribution in [0.4, 0.5) is 0 Å². The number of carbonyl (C=O) groups is 1. The molecule has 0 aliphatic heterocycles. The number of aldehydes is 1. The lowest BCUT2D eigenvalue weighted by molar-refractivity contribution is 0.112. The fraction of sp³-hybridized carbons (Fsp3) is 0.300. The van der Waals surface area contributed by atoms with E-state index in [1.54, 1.807) is 19.2 Å². The van der Waals surface area contributed by atoms with E-state index in [0.717, 1.165) is 24.0 Å². The van der Waals surface area contributed by atoms with Crippen LogP contribution in [0.1, 0.15) is 22.8 Å². The van der Waals surface area contributed by atoms with Crippen LogP contribution in [0.15, 0.2) is 12.1 Å². The summed E-state index contributed by atoms with van der Waals surface area (Å²) in [5.41, 5.74) is 1.40. The first-order chi connectivity index (χ1) is 6.24. The quantitative estimate of drug-likeness (QED) is 0.699. The number of methoxy groups -OCH3 is 1. The average molecular weight is 199 g/mol. The smallest absolute Gasteiger partial charge is 0.151 e. The van der Waals surface area contributed by atoms with Gasteiger partial charge < -0.3 is 4.74 Å². The van der Waals surface area contributed by atoms with Crippen molar-refractivity contribution in [3.63, 3.8) is 0 Å². The molecule has 0 aliphatic carbocycles. The summed E-state index contributed by atoms with van der Waals surface area (Å²) < 4.78 is 5.12. The van der Waals surface area contributed by atoms with Crippen molar-refractivity contribution in [2.75, 3.05) is 7.11 Å². The van der Waals surface area contributed by atoms with Crippen molar-refractivity contribution in [1.82, 2.24) is 0 Å². The SMILES string of the molecule is CCc1c(OC)ccc(C=O)c1Cl. The van der Waals surface area contributed by atoms with E-state index in [4.69, 9.17) is 16.3 Å². The highest BCUT2D eigenvalue weighted by Gasteiger charge is 2.09. The summed E-state index contributed by atoms with van der Waals surface area (Å²) in [4.78, 5) is 10.6. The molecule has 0 radical (unpaired) electrons. The van der Waals surface area contributed by atoms with Crippen molar-refractivity contribution >= 4 is 17.9 Å². The van der Waals surface area contributed by atoms with Crippen molar-refractivity contribution in [2.45, 2.75) is 13.3 Å². The molecule has 0 bridgehead atoms. The van der Waals surface area contributed by atoms with Gasteiger partial charge in [-0.3, -0.25) is 4.79 Å². The zero-order valence-corrected chi connectivity index (χ0v) is 8.39. The monoisotopic (exact) mass is 198 g/mol. The maximum absolute atomic E-state index is 10.6. The van der Waals surface area contributed by atoms with Crippen molar-refractivity contribution < 1.29 is 9.53 Å². The standard InChI is InChI=1S/C10H11ClO2/c1-3-8-9(13-2)5-4-7(6-12)10(8)11/h4-6H,3H2,1-2H3. The van der Waals surface area contributed by atoms with Crippen LogP contribution in [0.3, 0.4) is 0 Å². The summed E-state index contributed by atoms with van der Waals surface area (Å²) in [6.45, 7) is 1.97. The Morgan fingerprint density at radius 3 is 2.69 bits per heavy atom. The summed E-state index contributed by atoms with van der Waals surface area (Å²) >= 11 is 5.98. The van der Waals surface area contributed by atoms with E-state index >= 15 is 0 Å². The van der Waals surface area contributed by atoms with Gasteiger partial charge in [0.2, 0.25) is 0 Å². The van der Waals surface area contributed by atoms with Gasteiger partial charge in [-0.2, -0.15) is 0 Å². The molecule has 0 saturated carbocycles. The molecule has 0 heterocycles. The Bertz CT molecular complexity index is 321. The molecule has 0 spiro atoms. The number of rotatable bonds is 3. The largest absolute Gasteiger partial charge is 0.496 e. The van der Waals surface area contributed by atoms with Gasteiger partial charge in [-0.25, -0.2) is 0 Å². The molecule has 0 aliphatic rings. The predicted octanol–water partition coefficient (Wildman–Crippen LogP) is 2.72. The van der Waals surface area contributed by atoms with Crippen LogP contribution in [0.2, 0.25) is 5.02 Å². The fourth-order valence-electron chi connectivity index (χ4n) is 1.23. The predicted molar refractivity (Wildman–Crippen MR) is 52.8 cm³/mol. The van der Waals surface area contributed by atoms with Gasteiger partial charge in [-0.15, -0.1) is 0 Å². The summed E-state index contributed by atoms with van der Waals surface area (Å²) in [6, 6.07) is 3.42. The second-order valence-electron chi connectivity index (χ2n) is 2.62. The molecule has 0 fully saturated rings. The van der Waals surface area contributed by atoms with Crippen LogP contribution < -0.4 is 4.74 Å². The minimum atomic E-state index is 0.497. The fourth-order valence-corrected chi connectivity index (χ4v) is 1.57. The van der Waals surface area contributed by atoms with E-state index in [1.165, 1.54) is 0 Å². The molecule has 0 saturated heterocycles. The van der Waals surface area contributed by atoms with Gasteiger partial charge in [0.15, 0.2) is 6.29 Å². The summed E-state index contributed by atoms with van der Waals surface area (Å²) in [5.74, 6) is 0.734. The van der Waals surface area contributed by atoms with Crippen molar-refractivity contribution in [1.29, 1.82) is 0 Å². The van der Waals surface area contributed by atoms with E-state index in [2.05, 4.69) is 0 Å². The average Bonchev–Trinajstić information content (AvgIpc) is 2.17. The Morgan fingerprint density at radius 2 is 2.23 bits per heavy atom. The highest BCUT2D eigenvalue weighted by atomic mass is 35.5. The number of ether oxygens (including phenoxy) is 1. The number of carbonyl (C=O) groups excluding carboxylic acids is 1. The van der Waals surface area contributed by atoms with Gasteiger partial charge in [0.1, 0.15) is 5.75 Å². The Morgan fingerprint density at radius 1 is 1.54 bits per heavy atom. The maximum Gasteiger partial charge on any atom is 0.151 e. The van der Waals surface area contributed by atoms with Crippen LogP contribution >= 0.6 is 11.6 Å². The van der Waals surface area contributed by atoms with Gasteiger partial charge >= 0.3 is 0 Å². The number of halogens is 1. The van der Waals surface area contributed by atoms with Crippen LogP contribution in [0.25, 0.3) is 0 Å². The molecule has 2 nitrogen and oxygen atoms in total. The third-order valence-corrected chi connectivity index (χ3v) is 2.38. The van der Waals surface area contributed by atoms with Crippen LogP contribution in [-0.2, 0) is 6.42 Å². The highest BCUT2D eigenvalue weighted by Crippen LogP contribution is 2.29. The lowest BCUT2D eigenvalue weighted by Gasteiger charge is -2.09. The molecule has 0 aromatic heterocycles. The van der Waals surface area contributed by atoms with Gasteiger partial charge in [-0.1, -0.05) is 18.5 Å². The molecule has 3 heteroatoms. The summed E-state index contributed by atoms with van der Waals surface area (Å²) in [6.07, 6.45) is 1.50.